The van der Waals surface area contributed by atoms with Gasteiger partial charge in [-0.15, -0.1) is 10.2 Å². The van der Waals surface area contributed by atoms with Gasteiger partial charge in [0.25, 0.3) is 0 Å². The fraction of sp³-hybridized carbons (Fsp3) is 0.353. The van der Waals surface area contributed by atoms with Crippen LogP contribution in [-0.2, 0) is 20.0 Å². The van der Waals surface area contributed by atoms with Crippen molar-refractivity contribution in [3.8, 4) is 11.4 Å². The molecular weight excluding hydrogens is 274 g/mol. The van der Waals surface area contributed by atoms with Gasteiger partial charge in [-0.1, -0.05) is 30.3 Å². The van der Waals surface area contributed by atoms with Crippen molar-refractivity contribution in [1.29, 1.82) is 0 Å². The van der Waals surface area contributed by atoms with Crippen molar-refractivity contribution in [2.24, 2.45) is 7.05 Å². The molecule has 0 fully saturated rings. The van der Waals surface area contributed by atoms with Crippen LogP contribution in [0.5, 0.6) is 0 Å². The molecule has 0 saturated carbocycles. The van der Waals surface area contributed by atoms with Crippen LogP contribution in [0.4, 0.5) is 0 Å². The summed E-state index contributed by atoms with van der Waals surface area (Å²) in [4.78, 5) is 0. The molecule has 2 aromatic heterocycles. The van der Waals surface area contributed by atoms with Crippen molar-refractivity contribution in [3.05, 3.63) is 54.1 Å². The molecule has 3 aromatic rings. The molecule has 0 N–H and O–H groups in total. The Hall–Kier alpha value is -2.43. The highest BCUT2D eigenvalue weighted by Crippen LogP contribution is 2.30. The molecule has 1 aromatic carbocycles. The molecule has 0 spiro atoms. The lowest BCUT2D eigenvalue weighted by Crippen LogP contribution is -2.04. The normalized spacial score (nSPS) is 18.0. The molecular formula is C17H19N5. The summed E-state index contributed by atoms with van der Waals surface area (Å²) in [6, 6.07) is 10.8. The van der Waals surface area contributed by atoms with Gasteiger partial charge >= 0.3 is 0 Å². The monoisotopic (exact) mass is 293 g/mol. The molecule has 0 bridgehead atoms. The zero-order valence-corrected chi connectivity index (χ0v) is 12.7. The third-order valence-electron chi connectivity index (χ3n) is 4.48. The Bertz CT molecular complexity index is 771. The number of benzene rings is 1. The minimum absolute atomic E-state index is 0.602. The minimum Gasteiger partial charge on any atom is -0.311 e. The van der Waals surface area contributed by atoms with Crippen LogP contribution < -0.4 is 0 Å². The number of hydrogen-bond donors (Lipinski definition) is 0. The van der Waals surface area contributed by atoms with E-state index in [9.17, 15) is 0 Å². The number of fused-ring (bicyclic) bond motifs is 1. The second-order valence-corrected chi connectivity index (χ2v) is 5.93. The van der Waals surface area contributed by atoms with Gasteiger partial charge in [0.1, 0.15) is 5.82 Å². The van der Waals surface area contributed by atoms with Gasteiger partial charge < -0.3 is 4.57 Å². The fourth-order valence-corrected chi connectivity index (χ4v) is 3.30. The van der Waals surface area contributed by atoms with Crippen molar-refractivity contribution >= 4 is 0 Å². The van der Waals surface area contributed by atoms with Crippen LogP contribution in [0.1, 0.15) is 30.1 Å². The molecule has 0 aliphatic carbocycles. The van der Waals surface area contributed by atoms with E-state index in [4.69, 9.17) is 0 Å². The van der Waals surface area contributed by atoms with E-state index in [-0.39, 0.29) is 0 Å². The molecule has 22 heavy (non-hydrogen) atoms. The summed E-state index contributed by atoms with van der Waals surface area (Å²) in [5.41, 5.74) is 2.48. The predicted molar refractivity (Wildman–Crippen MR) is 84.3 cm³/mol. The lowest BCUT2D eigenvalue weighted by Gasteiger charge is -2.14. The molecule has 5 heteroatoms. The fourth-order valence-electron chi connectivity index (χ4n) is 3.30. The molecule has 0 amide bonds. The van der Waals surface area contributed by atoms with E-state index in [1.807, 2.05) is 19.4 Å². The Kier molecular flexibility index (Phi) is 3.25. The molecule has 1 unspecified atom stereocenters. The van der Waals surface area contributed by atoms with E-state index in [0.29, 0.717) is 5.92 Å². The second-order valence-electron chi connectivity index (χ2n) is 5.93. The first-order valence-corrected chi connectivity index (χ1v) is 7.77. The van der Waals surface area contributed by atoms with Gasteiger partial charge in [-0.2, -0.15) is 5.10 Å². The number of aryl methyl sites for hydroxylation is 2. The summed E-state index contributed by atoms with van der Waals surface area (Å²) < 4.78 is 4.07. The van der Waals surface area contributed by atoms with E-state index in [0.717, 1.165) is 43.0 Å². The summed E-state index contributed by atoms with van der Waals surface area (Å²) in [5.74, 6) is 2.64. The molecule has 1 aliphatic heterocycles. The van der Waals surface area contributed by atoms with Gasteiger partial charge in [0.2, 0.25) is 0 Å². The average molecular weight is 293 g/mol. The van der Waals surface area contributed by atoms with Gasteiger partial charge in [-0.3, -0.25) is 4.68 Å². The molecule has 4 rings (SSSR count). The topological polar surface area (TPSA) is 48.5 Å². The maximum Gasteiger partial charge on any atom is 0.167 e. The maximum absolute atomic E-state index is 4.41. The van der Waals surface area contributed by atoms with E-state index in [1.54, 1.807) is 4.68 Å². The van der Waals surface area contributed by atoms with Crippen molar-refractivity contribution in [3.63, 3.8) is 0 Å². The minimum atomic E-state index is 0.602. The standard InChI is InChI=1S/C17H19N5/c1-21-12-15(11-18-21)17-20-19-16-8-7-14(9-10-22(16)17)13-5-3-2-4-6-13/h2-6,11-12,14H,7-10H2,1H3. The Labute approximate surface area is 129 Å². The third kappa shape index (κ3) is 2.32. The average Bonchev–Trinajstić information content (AvgIpc) is 3.09. The summed E-state index contributed by atoms with van der Waals surface area (Å²) in [5, 5.41) is 13.0. The largest absolute Gasteiger partial charge is 0.311 e. The van der Waals surface area contributed by atoms with Gasteiger partial charge in [-0.05, 0) is 24.3 Å². The summed E-state index contributed by atoms with van der Waals surface area (Å²) >= 11 is 0. The SMILES string of the molecule is Cn1cc(-c2nnc3n2CCC(c2ccccc2)CC3)cn1. The summed E-state index contributed by atoms with van der Waals surface area (Å²) in [6.45, 7) is 0.964. The molecule has 1 aliphatic rings. The molecule has 1 atom stereocenters. The van der Waals surface area contributed by atoms with Crippen LogP contribution in [0.15, 0.2) is 42.7 Å². The number of aromatic nitrogens is 5. The zero-order valence-electron chi connectivity index (χ0n) is 12.7. The summed E-state index contributed by atoms with van der Waals surface area (Å²) in [6.07, 6.45) is 7.10. The Morgan fingerprint density at radius 3 is 2.73 bits per heavy atom. The molecule has 0 radical (unpaired) electrons. The molecule has 112 valence electrons. The lowest BCUT2D eigenvalue weighted by molar-refractivity contribution is 0.562. The van der Waals surface area contributed by atoms with Gasteiger partial charge in [-0.25, -0.2) is 0 Å². The smallest absolute Gasteiger partial charge is 0.167 e. The van der Waals surface area contributed by atoms with Crippen molar-refractivity contribution in [2.45, 2.75) is 31.7 Å². The zero-order chi connectivity index (χ0) is 14.9. The van der Waals surface area contributed by atoms with Crippen LogP contribution >= 0.6 is 0 Å². The van der Waals surface area contributed by atoms with E-state index < -0.39 is 0 Å². The lowest BCUT2D eigenvalue weighted by atomic mass is 9.92. The van der Waals surface area contributed by atoms with Crippen molar-refractivity contribution < 1.29 is 0 Å². The van der Waals surface area contributed by atoms with Crippen LogP contribution in [0.2, 0.25) is 0 Å². The Balaban J connectivity index is 1.62. The molecule has 5 nitrogen and oxygen atoms in total. The van der Waals surface area contributed by atoms with E-state index in [2.05, 4.69) is 50.2 Å². The van der Waals surface area contributed by atoms with Crippen LogP contribution in [-0.4, -0.2) is 24.5 Å². The number of rotatable bonds is 2. The maximum atomic E-state index is 4.41. The number of hydrogen-bond acceptors (Lipinski definition) is 3. The third-order valence-corrected chi connectivity index (χ3v) is 4.48. The van der Waals surface area contributed by atoms with E-state index in [1.165, 1.54) is 5.56 Å². The highest BCUT2D eigenvalue weighted by Gasteiger charge is 2.22. The van der Waals surface area contributed by atoms with Crippen LogP contribution in [0.25, 0.3) is 11.4 Å². The van der Waals surface area contributed by atoms with Crippen LogP contribution in [0.3, 0.4) is 0 Å². The van der Waals surface area contributed by atoms with E-state index >= 15 is 0 Å². The van der Waals surface area contributed by atoms with Gasteiger partial charge in [0.05, 0.1) is 11.8 Å². The predicted octanol–water partition coefficient (Wildman–Crippen LogP) is 2.80. The van der Waals surface area contributed by atoms with Crippen molar-refractivity contribution in [2.75, 3.05) is 0 Å². The first-order valence-electron chi connectivity index (χ1n) is 7.77. The molecule has 0 saturated heterocycles. The molecule has 3 heterocycles. The highest BCUT2D eigenvalue weighted by molar-refractivity contribution is 5.52. The van der Waals surface area contributed by atoms with Crippen LogP contribution in [0, 0.1) is 0 Å². The quantitative estimate of drug-likeness (QED) is 0.730. The highest BCUT2D eigenvalue weighted by atomic mass is 15.3. The first-order chi connectivity index (χ1) is 10.8. The van der Waals surface area contributed by atoms with Gasteiger partial charge in [0.15, 0.2) is 5.82 Å². The Morgan fingerprint density at radius 2 is 1.95 bits per heavy atom. The number of nitrogens with zero attached hydrogens (tertiary/aromatic N) is 5. The summed E-state index contributed by atoms with van der Waals surface area (Å²) in [7, 11) is 1.93. The van der Waals surface area contributed by atoms with Gasteiger partial charge in [0, 0.05) is 26.2 Å². The van der Waals surface area contributed by atoms with Crippen molar-refractivity contribution in [1.82, 2.24) is 24.5 Å². The Morgan fingerprint density at radius 1 is 1.09 bits per heavy atom. The second kappa shape index (κ2) is 5.40. The first kappa shape index (κ1) is 13.2.